The Bertz CT molecular complexity index is 801. The maximum atomic E-state index is 12.4. The number of ether oxygens (including phenoxy) is 2. The molecule has 0 unspecified atom stereocenters. The summed E-state index contributed by atoms with van der Waals surface area (Å²) in [4.78, 5) is 13.5. The molecule has 0 bridgehead atoms. The fourth-order valence-electron chi connectivity index (χ4n) is 3.22. The molecule has 0 radical (unpaired) electrons. The van der Waals surface area contributed by atoms with Crippen LogP contribution in [-0.2, 0) is 15.9 Å². The average molecular weight is 419 g/mol. The van der Waals surface area contributed by atoms with Gasteiger partial charge in [0.2, 0.25) is 0 Å². The summed E-state index contributed by atoms with van der Waals surface area (Å²) in [5.41, 5.74) is 1.71. The summed E-state index contributed by atoms with van der Waals surface area (Å²) in [6.45, 7) is 5.00. The third-order valence-electron chi connectivity index (χ3n) is 4.61. The van der Waals surface area contributed by atoms with Gasteiger partial charge in [-0.2, -0.15) is 0 Å². The molecule has 1 aromatic carbocycles. The van der Waals surface area contributed by atoms with Gasteiger partial charge in [-0.3, -0.25) is 0 Å². The molecule has 28 heavy (non-hydrogen) atoms. The molecular weight excluding hydrogens is 392 g/mol. The van der Waals surface area contributed by atoms with Crippen LogP contribution in [0.2, 0.25) is 0 Å². The molecule has 2 heterocycles. The van der Waals surface area contributed by atoms with E-state index >= 15 is 0 Å². The first-order valence-electron chi connectivity index (χ1n) is 9.59. The number of benzene rings is 1. The number of esters is 1. The van der Waals surface area contributed by atoms with E-state index in [4.69, 9.17) is 21.7 Å². The largest absolute Gasteiger partial charge is 0.462 e. The van der Waals surface area contributed by atoms with E-state index in [-0.39, 0.29) is 18.1 Å². The van der Waals surface area contributed by atoms with E-state index in [1.807, 2.05) is 24.3 Å². The second-order valence-electron chi connectivity index (χ2n) is 6.78. The van der Waals surface area contributed by atoms with Crippen LogP contribution >= 0.6 is 23.6 Å². The Kier molecular flexibility index (Phi) is 7.42. The number of hydrogen-bond donors (Lipinski definition) is 2. The van der Waals surface area contributed by atoms with Gasteiger partial charge in [0.1, 0.15) is 5.00 Å². The molecule has 150 valence electrons. The molecule has 1 aliphatic heterocycles. The number of hydrogen-bond acceptors (Lipinski definition) is 5. The van der Waals surface area contributed by atoms with Crippen molar-refractivity contribution in [2.24, 2.45) is 0 Å². The second-order valence-corrected chi connectivity index (χ2v) is 8.32. The van der Waals surface area contributed by atoms with E-state index in [2.05, 4.69) is 29.7 Å². The van der Waals surface area contributed by atoms with E-state index < -0.39 is 0 Å². The Balaban J connectivity index is 1.71. The Morgan fingerprint density at radius 1 is 1.39 bits per heavy atom. The maximum Gasteiger partial charge on any atom is 0.341 e. The molecule has 1 aliphatic rings. The molecule has 2 aromatic rings. The number of rotatable bonds is 7. The summed E-state index contributed by atoms with van der Waals surface area (Å²) in [5.74, 6) is -0.337. The summed E-state index contributed by atoms with van der Waals surface area (Å²) >= 11 is 7.00. The van der Waals surface area contributed by atoms with Gasteiger partial charge in [0.15, 0.2) is 5.11 Å². The van der Waals surface area contributed by atoms with Gasteiger partial charge in [0.05, 0.1) is 24.3 Å². The van der Waals surface area contributed by atoms with Gasteiger partial charge in [0, 0.05) is 17.9 Å². The van der Waals surface area contributed by atoms with Crippen LogP contribution in [0.3, 0.4) is 0 Å². The molecule has 0 amide bonds. The first kappa shape index (κ1) is 20.8. The lowest BCUT2D eigenvalue weighted by molar-refractivity contribution is 0.0528. The van der Waals surface area contributed by atoms with Crippen LogP contribution in [0.15, 0.2) is 36.4 Å². The van der Waals surface area contributed by atoms with E-state index in [1.165, 1.54) is 16.9 Å². The van der Waals surface area contributed by atoms with E-state index in [0.717, 1.165) is 30.7 Å². The van der Waals surface area contributed by atoms with Crippen molar-refractivity contribution in [1.29, 1.82) is 0 Å². The summed E-state index contributed by atoms with van der Waals surface area (Å²) in [5, 5.41) is 7.67. The highest BCUT2D eigenvalue weighted by atomic mass is 32.1. The molecule has 0 saturated carbocycles. The van der Waals surface area contributed by atoms with Crippen molar-refractivity contribution >= 4 is 39.6 Å². The highest BCUT2D eigenvalue weighted by Crippen LogP contribution is 2.30. The first-order valence-corrected chi connectivity index (χ1v) is 10.8. The lowest BCUT2D eigenvalue weighted by atomic mass is 10.1. The first-order chi connectivity index (χ1) is 13.6. The van der Waals surface area contributed by atoms with Crippen LogP contribution in [0.25, 0.3) is 0 Å². The second kappa shape index (κ2) is 10.0. The predicted octanol–water partition coefficient (Wildman–Crippen LogP) is 4.37. The maximum absolute atomic E-state index is 12.4. The van der Waals surface area contributed by atoms with Crippen LogP contribution in [-0.4, -0.2) is 36.4 Å². The minimum atomic E-state index is -0.337. The third-order valence-corrected chi connectivity index (χ3v) is 5.88. The van der Waals surface area contributed by atoms with Crippen molar-refractivity contribution in [2.75, 3.05) is 18.5 Å². The van der Waals surface area contributed by atoms with Crippen molar-refractivity contribution in [2.45, 2.75) is 45.3 Å². The van der Waals surface area contributed by atoms with Crippen LogP contribution in [0.5, 0.6) is 0 Å². The Hall–Kier alpha value is -1.96. The van der Waals surface area contributed by atoms with E-state index in [1.54, 1.807) is 6.92 Å². The zero-order chi connectivity index (χ0) is 19.9. The molecule has 2 N–H and O–H groups in total. The van der Waals surface area contributed by atoms with E-state index in [9.17, 15) is 4.79 Å². The van der Waals surface area contributed by atoms with Crippen LogP contribution in [0.4, 0.5) is 5.00 Å². The number of thiophene rings is 1. The Labute approximate surface area is 175 Å². The number of nitrogens with one attached hydrogen (secondary N) is 2. The van der Waals surface area contributed by atoms with Crippen molar-refractivity contribution in [3.8, 4) is 0 Å². The molecule has 0 spiro atoms. The Morgan fingerprint density at radius 2 is 2.18 bits per heavy atom. The zero-order valence-electron chi connectivity index (χ0n) is 16.2. The van der Waals surface area contributed by atoms with Gasteiger partial charge < -0.3 is 20.1 Å². The molecule has 2 atom stereocenters. The molecule has 0 aliphatic carbocycles. The van der Waals surface area contributed by atoms with Crippen LogP contribution in [0, 0.1) is 0 Å². The average Bonchev–Trinajstić information content (AvgIpc) is 3.33. The van der Waals surface area contributed by atoms with Crippen molar-refractivity contribution in [1.82, 2.24) is 5.32 Å². The molecule has 3 rings (SSSR count). The number of thiocarbonyl (C=S) groups is 1. The van der Waals surface area contributed by atoms with Crippen molar-refractivity contribution < 1.29 is 14.3 Å². The highest BCUT2D eigenvalue weighted by Gasteiger charge is 2.24. The minimum absolute atomic E-state index is 0.109. The summed E-state index contributed by atoms with van der Waals surface area (Å²) in [6, 6.07) is 12.2. The quantitative estimate of drug-likeness (QED) is 0.514. The fourth-order valence-corrected chi connectivity index (χ4v) is 4.65. The SMILES string of the molecule is CCOC(=O)c1cc(Cc2ccccc2)sc1NC(=S)N[C@@H](C)[C@H]1CCCO1. The lowest BCUT2D eigenvalue weighted by Gasteiger charge is -2.21. The van der Waals surface area contributed by atoms with E-state index in [0.29, 0.717) is 22.3 Å². The molecule has 1 fully saturated rings. The highest BCUT2D eigenvalue weighted by molar-refractivity contribution is 7.80. The minimum Gasteiger partial charge on any atom is -0.462 e. The lowest BCUT2D eigenvalue weighted by Crippen LogP contribution is -2.42. The predicted molar refractivity (Wildman–Crippen MR) is 117 cm³/mol. The van der Waals surface area contributed by atoms with Gasteiger partial charge in [-0.15, -0.1) is 11.3 Å². The smallest absolute Gasteiger partial charge is 0.341 e. The standard InChI is InChI=1S/C21H26N2O3S2/c1-3-25-20(24)17-13-16(12-15-8-5-4-6-9-15)28-19(17)23-21(27)22-14(2)18-10-7-11-26-18/h4-6,8-9,13-14,18H,3,7,10-12H2,1-2H3,(H2,22,23,27)/t14-,18+/m0/s1. The summed E-state index contributed by atoms with van der Waals surface area (Å²) in [7, 11) is 0. The van der Waals surface area contributed by atoms with Crippen LogP contribution < -0.4 is 10.6 Å². The van der Waals surface area contributed by atoms with Gasteiger partial charge >= 0.3 is 5.97 Å². The molecule has 1 saturated heterocycles. The number of carbonyl (C=O) groups is 1. The monoisotopic (exact) mass is 418 g/mol. The molecular formula is C21H26N2O3S2. The third kappa shape index (κ3) is 5.53. The summed E-state index contributed by atoms with van der Waals surface area (Å²) in [6.07, 6.45) is 3.04. The van der Waals surface area contributed by atoms with Crippen molar-refractivity contribution in [3.05, 3.63) is 52.4 Å². The molecule has 7 heteroatoms. The molecule has 5 nitrogen and oxygen atoms in total. The van der Waals surface area contributed by atoms with Gasteiger partial charge in [-0.25, -0.2) is 4.79 Å². The topological polar surface area (TPSA) is 59.6 Å². The van der Waals surface area contributed by atoms with Gasteiger partial charge in [-0.1, -0.05) is 30.3 Å². The van der Waals surface area contributed by atoms with Gasteiger partial charge in [-0.05, 0) is 50.5 Å². The van der Waals surface area contributed by atoms with Crippen LogP contribution in [0.1, 0.15) is 47.5 Å². The van der Waals surface area contributed by atoms with Gasteiger partial charge in [0.25, 0.3) is 0 Å². The number of anilines is 1. The fraction of sp³-hybridized carbons (Fsp3) is 0.429. The number of carbonyl (C=O) groups excluding carboxylic acids is 1. The van der Waals surface area contributed by atoms with Crippen molar-refractivity contribution in [3.63, 3.8) is 0 Å². The summed E-state index contributed by atoms with van der Waals surface area (Å²) < 4.78 is 10.9. The Morgan fingerprint density at radius 3 is 2.86 bits per heavy atom. The molecule has 1 aromatic heterocycles. The normalized spacial score (nSPS) is 17.1. The zero-order valence-corrected chi connectivity index (χ0v) is 17.8.